The molecule has 8 rings (SSSR count). The molecular formula is C44H36Cl2CuN4O8. The van der Waals surface area contributed by atoms with Crippen molar-refractivity contribution in [1.29, 1.82) is 0 Å². The van der Waals surface area contributed by atoms with Crippen LogP contribution < -0.4 is 37.3 Å². The molecule has 0 aliphatic heterocycles. The van der Waals surface area contributed by atoms with Crippen molar-refractivity contribution >= 4 is 0 Å². The minimum Gasteiger partial charge on any atom is -0.265 e. The van der Waals surface area contributed by atoms with Crippen LogP contribution in [0.15, 0.2) is 219 Å². The second-order valence-corrected chi connectivity index (χ2v) is 12.7. The van der Waals surface area contributed by atoms with Crippen molar-refractivity contribution in [2.24, 2.45) is 0 Å². The fourth-order valence-electron chi connectivity index (χ4n) is 4.70. The van der Waals surface area contributed by atoms with Gasteiger partial charge in [-0.2, -0.15) is 0 Å². The topological polar surface area (TPSA) is 236 Å². The van der Waals surface area contributed by atoms with Crippen LogP contribution in [0, 0.1) is 20.5 Å². The van der Waals surface area contributed by atoms with Crippen molar-refractivity contribution in [2.45, 2.75) is 0 Å². The Morgan fingerprint density at radius 3 is 0.475 bits per heavy atom. The van der Waals surface area contributed by atoms with Gasteiger partial charge in [-0.1, -0.05) is 121 Å². The van der Waals surface area contributed by atoms with Crippen LogP contribution in [0.25, 0.3) is 44.5 Å². The molecule has 0 N–H and O–H groups in total. The molecule has 12 nitrogen and oxygen atoms in total. The molecule has 4 heterocycles. The summed E-state index contributed by atoms with van der Waals surface area (Å²) in [6.07, 6.45) is 14.5. The molecule has 4 aromatic heterocycles. The molecule has 0 spiro atoms. The number of hydrogen-bond acceptors (Lipinski definition) is 12. The molecule has 1 radical (unpaired) electrons. The number of rotatable bonds is 4. The van der Waals surface area contributed by atoms with Crippen molar-refractivity contribution in [2.75, 3.05) is 0 Å². The van der Waals surface area contributed by atoms with E-state index in [0.717, 1.165) is 0 Å². The largest absolute Gasteiger partial charge is 2.00 e. The van der Waals surface area contributed by atoms with Crippen molar-refractivity contribution in [3.05, 3.63) is 219 Å². The smallest absolute Gasteiger partial charge is 0.265 e. The van der Waals surface area contributed by atoms with Crippen LogP contribution in [0.3, 0.4) is 0 Å². The number of halogens is 2. The van der Waals surface area contributed by atoms with Crippen LogP contribution in [-0.2, 0) is 17.1 Å². The monoisotopic (exact) mass is 881 g/mol. The molecule has 8 aromatic rings. The van der Waals surface area contributed by atoms with E-state index in [-0.39, 0.29) is 17.1 Å². The van der Waals surface area contributed by atoms with Gasteiger partial charge in [-0.3, -0.25) is 19.9 Å². The third-order valence-electron chi connectivity index (χ3n) is 7.15. The minimum atomic E-state index is -4.94. The predicted molar refractivity (Wildman–Crippen MR) is 199 cm³/mol. The second kappa shape index (κ2) is 27.8. The molecule has 0 amide bonds. The van der Waals surface area contributed by atoms with E-state index in [1.165, 1.54) is 44.5 Å². The molecule has 0 saturated heterocycles. The van der Waals surface area contributed by atoms with E-state index in [9.17, 15) is 0 Å². The number of pyridine rings is 4. The Labute approximate surface area is 357 Å². The summed E-state index contributed by atoms with van der Waals surface area (Å²) in [6.45, 7) is 0. The summed E-state index contributed by atoms with van der Waals surface area (Å²) >= 11 is 0. The molecule has 0 unspecified atom stereocenters. The van der Waals surface area contributed by atoms with E-state index < -0.39 is 20.5 Å². The molecule has 305 valence electrons. The van der Waals surface area contributed by atoms with Crippen LogP contribution in [0.5, 0.6) is 0 Å². The third-order valence-corrected chi connectivity index (χ3v) is 7.15. The normalized spacial score (nSPS) is 9.90. The molecule has 0 atom stereocenters. The molecule has 0 aliphatic carbocycles. The first-order valence-electron chi connectivity index (χ1n) is 16.9. The fourth-order valence-corrected chi connectivity index (χ4v) is 4.70. The number of hydrogen-bond donors (Lipinski definition) is 0. The van der Waals surface area contributed by atoms with Crippen LogP contribution in [-0.4, -0.2) is 19.9 Å². The van der Waals surface area contributed by atoms with Gasteiger partial charge >= 0.3 is 17.1 Å². The van der Waals surface area contributed by atoms with Gasteiger partial charge < -0.3 is 0 Å². The predicted octanol–water partition coefficient (Wildman–Crippen LogP) is 1.48. The van der Waals surface area contributed by atoms with Crippen LogP contribution in [0.2, 0.25) is 0 Å². The van der Waals surface area contributed by atoms with Crippen LogP contribution in [0.1, 0.15) is 0 Å². The zero-order valence-electron chi connectivity index (χ0n) is 30.9. The molecule has 0 saturated carbocycles. The summed E-state index contributed by atoms with van der Waals surface area (Å²) in [5.74, 6) is 0. The van der Waals surface area contributed by atoms with Crippen molar-refractivity contribution in [3.63, 3.8) is 0 Å². The van der Waals surface area contributed by atoms with Crippen molar-refractivity contribution < 1.29 is 74.8 Å². The van der Waals surface area contributed by atoms with Gasteiger partial charge in [0.05, 0.1) is 0 Å². The second-order valence-electron chi connectivity index (χ2n) is 11.2. The Balaban J connectivity index is 0.000000251. The zero-order chi connectivity index (χ0) is 41.9. The van der Waals surface area contributed by atoms with Crippen molar-refractivity contribution in [3.8, 4) is 44.5 Å². The van der Waals surface area contributed by atoms with E-state index in [1.807, 2.05) is 171 Å². The SMILES string of the molecule is [Cu+2].[O-][Cl+3]([O-])([O-])[O-].[O-][Cl+3]([O-])([O-])[O-].c1ccc(-c2ccncc2)cc1.c1ccc(-c2ccncc2)cc1.c1ccc(-c2ccncc2)cc1.c1ccc(-c2ccncc2)cc1. The van der Waals surface area contributed by atoms with Crippen LogP contribution in [0.4, 0.5) is 0 Å². The summed E-state index contributed by atoms with van der Waals surface area (Å²) in [5, 5.41) is 0. The van der Waals surface area contributed by atoms with E-state index >= 15 is 0 Å². The molecule has 59 heavy (non-hydrogen) atoms. The summed E-state index contributed by atoms with van der Waals surface area (Å²) in [5.41, 5.74) is 9.80. The van der Waals surface area contributed by atoms with Gasteiger partial charge in [0.15, 0.2) is 0 Å². The van der Waals surface area contributed by atoms with Gasteiger partial charge in [0.2, 0.25) is 0 Å². The Kier molecular flexibility index (Phi) is 23.3. The third kappa shape index (κ3) is 23.9. The first kappa shape index (κ1) is 49.4. The molecule has 15 heteroatoms. The minimum absolute atomic E-state index is 0. The van der Waals surface area contributed by atoms with Gasteiger partial charge in [0, 0.05) is 49.6 Å². The van der Waals surface area contributed by atoms with Crippen molar-refractivity contribution in [1.82, 2.24) is 19.9 Å². The Hall–Kier alpha value is -5.74. The fraction of sp³-hybridized carbons (Fsp3) is 0. The average molecular weight is 883 g/mol. The standard InChI is InChI=1S/4C11H9N.2ClHO4.Cu/c4*1-2-4-10(5-3-1)11-6-8-12-9-7-11;2*2-1(3,4)5;/h4*1-9H;2*(H,2,3,4,5);/q;;;;;;+2/p-2. The first-order valence-corrected chi connectivity index (χ1v) is 19.4. The van der Waals surface area contributed by atoms with Gasteiger partial charge in [0.1, 0.15) is 0 Å². The van der Waals surface area contributed by atoms with Gasteiger partial charge in [-0.05, 0) is 93.0 Å². The number of nitrogens with zero attached hydrogens (tertiary/aromatic N) is 4. The first-order chi connectivity index (χ1) is 27.9. The number of benzene rings is 4. The Bertz CT molecular complexity index is 1730. The summed E-state index contributed by atoms with van der Waals surface area (Å²) in [4.78, 5) is 15.9. The molecule has 0 bridgehead atoms. The van der Waals surface area contributed by atoms with E-state index in [4.69, 9.17) is 37.3 Å². The Morgan fingerprint density at radius 1 is 0.220 bits per heavy atom. The molecular weight excluding hydrogens is 847 g/mol. The summed E-state index contributed by atoms with van der Waals surface area (Å²) < 4.78 is 67.9. The quantitative estimate of drug-likeness (QED) is 0.229. The maximum Gasteiger partial charge on any atom is 2.00 e. The van der Waals surface area contributed by atoms with Gasteiger partial charge in [0.25, 0.3) is 0 Å². The summed E-state index contributed by atoms with van der Waals surface area (Å²) in [7, 11) is -9.89. The van der Waals surface area contributed by atoms with Crippen LogP contribution >= 0.6 is 0 Å². The van der Waals surface area contributed by atoms with Gasteiger partial charge in [-0.25, -0.2) is 37.3 Å². The maximum absolute atomic E-state index is 8.49. The molecule has 4 aromatic carbocycles. The number of aromatic nitrogens is 4. The van der Waals surface area contributed by atoms with E-state index in [1.54, 1.807) is 0 Å². The molecule has 0 aliphatic rings. The maximum atomic E-state index is 8.49. The van der Waals surface area contributed by atoms with E-state index in [0.29, 0.717) is 0 Å². The average Bonchev–Trinajstić information content (AvgIpc) is 3.26. The molecule has 0 fully saturated rings. The van der Waals surface area contributed by atoms with Gasteiger partial charge in [-0.15, -0.1) is 20.5 Å². The Morgan fingerprint density at radius 2 is 0.339 bits per heavy atom. The summed E-state index contributed by atoms with van der Waals surface area (Å²) in [6, 6.07) is 57.2. The van der Waals surface area contributed by atoms with E-state index in [2.05, 4.69) is 68.5 Å². The zero-order valence-corrected chi connectivity index (χ0v) is 33.4.